The van der Waals surface area contributed by atoms with Crippen molar-refractivity contribution in [3.8, 4) is 11.3 Å². The number of nitrogens with zero attached hydrogens (tertiary/aromatic N) is 2. The van der Waals surface area contributed by atoms with Gasteiger partial charge in [-0.25, -0.2) is 9.37 Å². The highest BCUT2D eigenvalue weighted by Gasteiger charge is 2.38. The largest absolute Gasteiger partial charge is 0.433 e. The first-order valence-electron chi connectivity index (χ1n) is 5.77. The number of pyridine rings is 1. The van der Waals surface area contributed by atoms with Gasteiger partial charge in [0.25, 0.3) is 0 Å². The third-order valence-corrected chi connectivity index (χ3v) is 2.90. The van der Waals surface area contributed by atoms with Crippen LogP contribution in [0.5, 0.6) is 0 Å². The van der Waals surface area contributed by atoms with Gasteiger partial charge in [-0.3, -0.25) is 4.40 Å². The zero-order chi connectivity index (χ0) is 14.3. The third kappa shape index (κ3) is 2.03. The lowest BCUT2D eigenvalue weighted by molar-refractivity contribution is -0.141. The van der Waals surface area contributed by atoms with Gasteiger partial charge in [0.15, 0.2) is 5.69 Å². The monoisotopic (exact) mass is 280 g/mol. The number of aromatic nitrogens is 2. The van der Waals surface area contributed by atoms with Gasteiger partial charge < -0.3 is 0 Å². The second-order valence-corrected chi connectivity index (χ2v) is 4.25. The van der Waals surface area contributed by atoms with Crippen LogP contribution in [0.15, 0.2) is 48.7 Å². The van der Waals surface area contributed by atoms with Gasteiger partial charge in [0.2, 0.25) is 0 Å². The lowest BCUT2D eigenvalue weighted by atomic mass is 10.1. The number of fused-ring (bicyclic) bond motifs is 1. The molecule has 3 rings (SSSR count). The number of imidazole rings is 1. The topological polar surface area (TPSA) is 17.3 Å². The van der Waals surface area contributed by atoms with Crippen LogP contribution in [-0.4, -0.2) is 9.38 Å². The fourth-order valence-electron chi connectivity index (χ4n) is 2.09. The molecule has 0 N–H and O–H groups in total. The molecule has 0 atom stereocenters. The van der Waals surface area contributed by atoms with E-state index in [1.807, 2.05) is 0 Å². The minimum Gasteiger partial charge on any atom is -0.295 e. The summed E-state index contributed by atoms with van der Waals surface area (Å²) in [5.74, 6) is -0.629. The van der Waals surface area contributed by atoms with Crippen molar-refractivity contribution < 1.29 is 17.6 Å². The summed E-state index contributed by atoms with van der Waals surface area (Å²) in [5.41, 5.74) is -0.845. The molecule has 0 aliphatic rings. The van der Waals surface area contributed by atoms with E-state index in [4.69, 9.17) is 0 Å². The van der Waals surface area contributed by atoms with Crippen LogP contribution in [0.1, 0.15) is 5.69 Å². The van der Waals surface area contributed by atoms with Crippen LogP contribution < -0.4 is 0 Å². The van der Waals surface area contributed by atoms with E-state index in [-0.39, 0.29) is 11.3 Å². The Morgan fingerprint density at radius 1 is 1.00 bits per heavy atom. The molecule has 0 saturated heterocycles. The molecule has 20 heavy (non-hydrogen) atoms. The average molecular weight is 280 g/mol. The Morgan fingerprint density at radius 2 is 1.70 bits per heavy atom. The van der Waals surface area contributed by atoms with Crippen LogP contribution in [0.2, 0.25) is 0 Å². The summed E-state index contributed by atoms with van der Waals surface area (Å²) >= 11 is 0. The molecular formula is C14H8F4N2. The zero-order valence-corrected chi connectivity index (χ0v) is 10.0. The summed E-state index contributed by atoms with van der Waals surface area (Å²) in [4.78, 5) is 3.91. The minimum absolute atomic E-state index is 0.0730. The van der Waals surface area contributed by atoms with Crippen LogP contribution in [0, 0.1) is 5.82 Å². The fourth-order valence-corrected chi connectivity index (χ4v) is 2.09. The minimum atomic E-state index is -4.58. The summed E-state index contributed by atoms with van der Waals surface area (Å²) in [6.07, 6.45) is -3.55. The summed E-state index contributed by atoms with van der Waals surface area (Å²) in [7, 11) is 0. The third-order valence-electron chi connectivity index (χ3n) is 2.90. The molecule has 0 radical (unpaired) electrons. The lowest BCUT2D eigenvalue weighted by Crippen LogP contribution is -2.10. The zero-order valence-electron chi connectivity index (χ0n) is 10.0. The second kappa shape index (κ2) is 4.33. The SMILES string of the molecule is Fc1ccn2c(C(F)(F)F)c(-c3ccccc3)nc2c1. The molecule has 2 heterocycles. The van der Waals surface area contributed by atoms with Crippen molar-refractivity contribution in [1.29, 1.82) is 0 Å². The van der Waals surface area contributed by atoms with E-state index in [1.54, 1.807) is 18.2 Å². The smallest absolute Gasteiger partial charge is 0.295 e. The predicted octanol–water partition coefficient (Wildman–Crippen LogP) is 4.16. The molecule has 0 amide bonds. The molecule has 0 spiro atoms. The van der Waals surface area contributed by atoms with Gasteiger partial charge in [0.05, 0.1) is 0 Å². The molecule has 2 nitrogen and oxygen atoms in total. The highest BCUT2D eigenvalue weighted by atomic mass is 19.4. The number of alkyl halides is 3. The molecule has 3 aromatic rings. The Balaban J connectivity index is 2.36. The van der Waals surface area contributed by atoms with Gasteiger partial charge in [-0.05, 0) is 6.07 Å². The van der Waals surface area contributed by atoms with Crippen LogP contribution in [-0.2, 0) is 6.18 Å². The predicted molar refractivity (Wildman–Crippen MR) is 65.6 cm³/mol. The number of halogens is 4. The van der Waals surface area contributed by atoms with Crippen LogP contribution in [0.3, 0.4) is 0 Å². The van der Waals surface area contributed by atoms with Crippen molar-refractivity contribution in [2.75, 3.05) is 0 Å². The Labute approximate surface area is 111 Å². The highest BCUT2D eigenvalue weighted by molar-refractivity contribution is 5.67. The number of rotatable bonds is 1. The standard InChI is InChI=1S/C14H8F4N2/c15-10-6-7-20-11(8-10)19-12(13(20)14(16,17)18)9-4-2-1-3-5-9/h1-8H. The maximum atomic E-state index is 13.2. The molecule has 1 aromatic carbocycles. The van der Waals surface area contributed by atoms with E-state index >= 15 is 0 Å². The maximum Gasteiger partial charge on any atom is 0.433 e. The molecule has 0 aliphatic heterocycles. The molecule has 2 aromatic heterocycles. The van der Waals surface area contributed by atoms with Crippen molar-refractivity contribution >= 4 is 5.65 Å². The highest BCUT2D eigenvalue weighted by Crippen LogP contribution is 2.37. The van der Waals surface area contributed by atoms with E-state index in [9.17, 15) is 17.6 Å². The van der Waals surface area contributed by atoms with Crippen molar-refractivity contribution in [2.24, 2.45) is 0 Å². The molecule has 6 heteroatoms. The van der Waals surface area contributed by atoms with Crippen molar-refractivity contribution in [1.82, 2.24) is 9.38 Å². The van der Waals surface area contributed by atoms with Gasteiger partial charge in [-0.15, -0.1) is 0 Å². The Morgan fingerprint density at radius 3 is 2.35 bits per heavy atom. The second-order valence-electron chi connectivity index (χ2n) is 4.25. The van der Waals surface area contributed by atoms with Gasteiger partial charge in [-0.2, -0.15) is 13.2 Å². The first-order valence-corrected chi connectivity index (χ1v) is 5.77. The van der Waals surface area contributed by atoms with Gasteiger partial charge in [0.1, 0.15) is 17.2 Å². The number of hydrogen-bond acceptors (Lipinski definition) is 1. The van der Waals surface area contributed by atoms with Crippen molar-refractivity contribution in [3.05, 3.63) is 60.2 Å². The Hall–Kier alpha value is -2.37. The molecule has 0 aliphatic carbocycles. The van der Waals surface area contributed by atoms with E-state index in [0.29, 0.717) is 5.56 Å². The quantitative estimate of drug-likeness (QED) is 0.612. The van der Waals surface area contributed by atoms with Crippen LogP contribution in [0.25, 0.3) is 16.9 Å². The molecule has 0 bridgehead atoms. The van der Waals surface area contributed by atoms with Gasteiger partial charge >= 0.3 is 6.18 Å². The Kier molecular flexibility index (Phi) is 2.74. The average Bonchev–Trinajstić information content (AvgIpc) is 2.78. The summed E-state index contributed by atoms with van der Waals surface area (Å²) < 4.78 is 53.7. The first-order chi connectivity index (χ1) is 9.47. The van der Waals surface area contributed by atoms with Crippen LogP contribution >= 0.6 is 0 Å². The van der Waals surface area contributed by atoms with Gasteiger partial charge in [0, 0.05) is 17.8 Å². The van der Waals surface area contributed by atoms with E-state index < -0.39 is 17.7 Å². The van der Waals surface area contributed by atoms with Gasteiger partial charge in [-0.1, -0.05) is 30.3 Å². The van der Waals surface area contributed by atoms with Crippen LogP contribution in [0.4, 0.5) is 17.6 Å². The Bertz CT molecular complexity index is 760. The number of hydrogen-bond donors (Lipinski definition) is 0. The molecule has 0 fully saturated rings. The summed E-state index contributed by atoms with van der Waals surface area (Å²) in [6, 6.07) is 9.97. The first kappa shape index (κ1) is 12.7. The fraction of sp³-hybridized carbons (Fsp3) is 0.0714. The summed E-state index contributed by atoms with van der Waals surface area (Å²) in [6.45, 7) is 0. The normalized spacial score (nSPS) is 12.0. The molecule has 102 valence electrons. The van der Waals surface area contributed by atoms with Crippen molar-refractivity contribution in [3.63, 3.8) is 0 Å². The van der Waals surface area contributed by atoms with Crippen molar-refractivity contribution in [2.45, 2.75) is 6.18 Å². The molecular weight excluding hydrogens is 272 g/mol. The lowest BCUT2D eigenvalue weighted by Gasteiger charge is -2.08. The van der Waals surface area contributed by atoms with E-state index in [2.05, 4.69) is 4.98 Å². The summed E-state index contributed by atoms with van der Waals surface area (Å²) in [5, 5.41) is 0. The molecule has 0 saturated carbocycles. The van der Waals surface area contributed by atoms with E-state index in [1.165, 1.54) is 12.1 Å². The molecule has 0 unspecified atom stereocenters. The maximum absolute atomic E-state index is 13.2. The number of benzene rings is 1. The van der Waals surface area contributed by atoms with E-state index in [0.717, 1.165) is 22.7 Å².